The number of rotatable bonds is 6. The van der Waals surface area contributed by atoms with Crippen LogP contribution in [0.25, 0.3) is 0 Å². The van der Waals surface area contributed by atoms with Crippen molar-refractivity contribution in [2.45, 2.75) is 6.92 Å². The highest BCUT2D eigenvalue weighted by Crippen LogP contribution is 2.22. The Bertz CT molecular complexity index is 899. The fourth-order valence-electron chi connectivity index (χ4n) is 2.26. The lowest BCUT2D eigenvalue weighted by molar-refractivity contribution is 0.0962. The second kappa shape index (κ2) is 7.84. The number of nitrogens with one attached hydrogen (secondary N) is 4. The molecule has 8 heteroatoms. The predicted octanol–water partition coefficient (Wildman–Crippen LogP) is 2.56. The van der Waals surface area contributed by atoms with Crippen molar-refractivity contribution in [3.8, 4) is 0 Å². The zero-order valence-corrected chi connectivity index (χ0v) is 14.2. The van der Waals surface area contributed by atoms with Crippen LogP contribution in [-0.4, -0.2) is 15.9 Å². The fourth-order valence-corrected chi connectivity index (χ4v) is 2.26. The monoisotopic (exact) mass is 349 g/mol. The van der Waals surface area contributed by atoms with E-state index in [2.05, 4.69) is 31.7 Å². The maximum absolute atomic E-state index is 12.3. The van der Waals surface area contributed by atoms with Gasteiger partial charge in [-0.3, -0.25) is 26.5 Å². The van der Waals surface area contributed by atoms with E-state index in [0.717, 1.165) is 11.3 Å². The van der Waals surface area contributed by atoms with Gasteiger partial charge < -0.3 is 5.73 Å². The van der Waals surface area contributed by atoms with Crippen LogP contribution < -0.4 is 27.4 Å². The minimum Gasteiger partial charge on any atom is -0.393 e. The van der Waals surface area contributed by atoms with Crippen molar-refractivity contribution in [2.75, 3.05) is 22.0 Å². The first kappa shape index (κ1) is 17.0. The molecule has 26 heavy (non-hydrogen) atoms. The molecule has 1 heterocycles. The van der Waals surface area contributed by atoms with Crippen LogP contribution in [-0.2, 0) is 0 Å². The van der Waals surface area contributed by atoms with E-state index in [9.17, 15) is 4.79 Å². The molecule has 0 radical (unpaired) electrons. The van der Waals surface area contributed by atoms with Gasteiger partial charge in [-0.1, -0.05) is 36.4 Å². The van der Waals surface area contributed by atoms with Crippen LogP contribution in [0.1, 0.15) is 15.9 Å². The molecule has 6 N–H and O–H groups in total. The van der Waals surface area contributed by atoms with Crippen molar-refractivity contribution in [3.63, 3.8) is 0 Å². The smallest absolute Gasteiger partial charge is 0.269 e. The summed E-state index contributed by atoms with van der Waals surface area (Å²) >= 11 is 0. The van der Waals surface area contributed by atoms with Gasteiger partial charge in [0.2, 0.25) is 0 Å². The number of hydrazine groups is 2. The zero-order chi connectivity index (χ0) is 18.4. The van der Waals surface area contributed by atoms with E-state index in [1.165, 1.54) is 6.33 Å². The van der Waals surface area contributed by atoms with Crippen LogP contribution in [0, 0.1) is 6.92 Å². The summed E-state index contributed by atoms with van der Waals surface area (Å²) in [5, 5.41) is 0. The SMILES string of the molecule is Cc1ccccc1C(=O)NNc1ncnc(NNc2ccccc2)c1N. The van der Waals surface area contributed by atoms with Crippen LogP contribution in [0.4, 0.5) is 23.0 Å². The molecule has 0 saturated heterocycles. The lowest BCUT2D eigenvalue weighted by Gasteiger charge is -2.14. The summed E-state index contributed by atoms with van der Waals surface area (Å²) in [7, 11) is 0. The number of aromatic nitrogens is 2. The highest BCUT2D eigenvalue weighted by Gasteiger charge is 2.11. The number of carbonyl (C=O) groups is 1. The molecule has 3 rings (SSSR count). The van der Waals surface area contributed by atoms with Gasteiger partial charge in [0, 0.05) is 5.56 Å². The van der Waals surface area contributed by atoms with Crippen LogP contribution in [0.5, 0.6) is 0 Å². The Morgan fingerprint density at radius 1 is 0.885 bits per heavy atom. The highest BCUT2D eigenvalue weighted by molar-refractivity contribution is 5.96. The molecule has 8 nitrogen and oxygen atoms in total. The molecule has 0 aliphatic carbocycles. The number of nitrogens with two attached hydrogens (primary N) is 1. The summed E-state index contributed by atoms with van der Waals surface area (Å²) in [5.41, 5.74) is 19.9. The normalized spacial score (nSPS) is 10.0. The molecular formula is C18H19N7O. The van der Waals surface area contributed by atoms with E-state index in [1.807, 2.05) is 49.4 Å². The molecule has 0 fully saturated rings. The van der Waals surface area contributed by atoms with Crippen LogP contribution >= 0.6 is 0 Å². The van der Waals surface area contributed by atoms with Crippen LogP contribution in [0.15, 0.2) is 60.9 Å². The lowest BCUT2D eigenvalue weighted by atomic mass is 10.1. The predicted molar refractivity (Wildman–Crippen MR) is 102 cm³/mol. The van der Waals surface area contributed by atoms with Gasteiger partial charge in [0.1, 0.15) is 12.0 Å². The van der Waals surface area contributed by atoms with Gasteiger partial charge in [0.25, 0.3) is 5.91 Å². The molecule has 132 valence electrons. The maximum atomic E-state index is 12.3. The highest BCUT2D eigenvalue weighted by atomic mass is 16.2. The Labute approximate surface area is 150 Å². The van der Waals surface area contributed by atoms with Gasteiger partial charge in [0.05, 0.1) is 5.69 Å². The second-order valence-electron chi connectivity index (χ2n) is 5.49. The second-order valence-corrected chi connectivity index (χ2v) is 5.49. The molecule has 3 aromatic rings. The first-order valence-corrected chi connectivity index (χ1v) is 7.94. The van der Waals surface area contributed by atoms with Crippen molar-refractivity contribution in [1.29, 1.82) is 0 Å². The van der Waals surface area contributed by atoms with Crippen LogP contribution in [0.3, 0.4) is 0 Å². The quantitative estimate of drug-likeness (QED) is 0.434. The van der Waals surface area contributed by atoms with Gasteiger partial charge in [-0.2, -0.15) is 0 Å². The van der Waals surface area contributed by atoms with Gasteiger partial charge in [0.15, 0.2) is 11.6 Å². The molecule has 0 aliphatic rings. The number of nitrogens with zero attached hydrogens (tertiary/aromatic N) is 2. The maximum Gasteiger partial charge on any atom is 0.269 e. The van der Waals surface area contributed by atoms with E-state index in [1.54, 1.807) is 12.1 Å². The molecule has 1 amide bonds. The zero-order valence-electron chi connectivity index (χ0n) is 14.2. The summed E-state index contributed by atoms with van der Waals surface area (Å²) in [6.45, 7) is 1.87. The van der Waals surface area contributed by atoms with E-state index < -0.39 is 0 Å². The third-order valence-corrected chi connectivity index (χ3v) is 3.67. The third kappa shape index (κ3) is 3.99. The van der Waals surface area contributed by atoms with E-state index in [0.29, 0.717) is 17.2 Å². The van der Waals surface area contributed by atoms with Gasteiger partial charge in [-0.05, 0) is 30.7 Å². The Hall–Kier alpha value is -3.81. The number of anilines is 4. The van der Waals surface area contributed by atoms with Gasteiger partial charge in [-0.25, -0.2) is 9.97 Å². The average molecular weight is 349 g/mol. The Morgan fingerprint density at radius 2 is 1.54 bits per heavy atom. The van der Waals surface area contributed by atoms with Crippen LogP contribution in [0.2, 0.25) is 0 Å². The van der Waals surface area contributed by atoms with E-state index in [-0.39, 0.29) is 11.6 Å². The number of aryl methyl sites for hydroxylation is 1. The largest absolute Gasteiger partial charge is 0.393 e. The molecule has 0 unspecified atom stereocenters. The molecular weight excluding hydrogens is 330 g/mol. The molecule has 0 aliphatic heterocycles. The van der Waals surface area contributed by atoms with Crippen molar-refractivity contribution in [1.82, 2.24) is 15.4 Å². The number of hydrogen-bond acceptors (Lipinski definition) is 7. The summed E-state index contributed by atoms with van der Waals surface area (Å²) in [4.78, 5) is 20.4. The summed E-state index contributed by atoms with van der Waals surface area (Å²) in [6, 6.07) is 16.8. The Morgan fingerprint density at radius 3 is 2.27 bits per heavy atom. The van der Waals surface area contributed by atoms with E-state index in [4.69, 9.17) is 5.73 Å². The topological polar surface area (TPSA) is 117 Å². The van der Waals surface area contributed by atoms with E-state index >= 15 is 0 Å². The molecule has 2 aromatic carbocycles. The Kier molecular flexibility index (Phi) is 5.14. The minimum atomic E-state index is -0.280. The third-order valence-electron chi connectivity index (χ3n) is 3.67. The molecule has 0 atom stereocenters. The van der Waals surface area contributed by atoms with Gasteiger partial charge in [-0.15, -0.1) is 0 Å². The number of nitrogen functional groups attached to an aromatic ring is 1. The molecule has 0 saturated carbocycles. The lowest BCUT2D eigenvalue weighted by Crippen LogP contribution is -2.31. The fraction of sp³-hybridized carbons (Fsp3) is 0.0556. The van der Waals surface area contributed by atoms with Crippen molar-refractivity contribution >= 4 is 28.9 Å². The van der Waals surface area contributed by atoms with Gasteiger partial charge >= 0.3 is 0 Å². The first-order chi connectivity index (χ1) is 12.6. The standard InChI is InChI=1S/C18H19N7O/c1-12-7-5-6-10-14(12)18(26)25-24-17-15(19)16(20-11-21-17)23-22-13-8-3-2-4-9-13/h2-11,22H,19H2,1H3,(H,25,26)(H2,20,21,23,24). The molecule has 0 bridgehead atoms. The molecule has 0 spiro atoms. The number of benzene rings is 2. The van der Waals surface area contributed by atoms with Crippen molar-refractivity contribution in [3.05, 3.63) is 72.1 Å². The number of hydrogen-bond donors (Lipinski definition) is 5. The minimum absolute atomic E-state index is 0.265. The van der Waals surface area contributed by atoms with Crippen molar-refractivity contribution in [2.24, 2.45) is 0 Å². The van der Waals surface area contributed by atoms with Crippen molar-refractivity contribution < 1.29 is 4.79 Å². The number of amides is 1. The molecule has 1 aromatic heterocycles. The summed E-state index contributed by atoms with van der Waals surface area (Å²) in [6.07, 6.45) is 1.34. The first-order valence-electron chi connectivity index (χ1n) is 7.94. The number of para-hydroxylation sites is 1. The summed E-state index contributed by atoms with van der Waals surface area (Å²) in [5.74, 6) is 0.397. The average Bonchev–Trinajstić information content (AvgIpc) is 2.67. The number of carbonyl (C=O) groups excluding carboxylic acids is 1. The Balaban J connectivity index is 1.65. The summed E-state index contributed by atoms with van der Waals surface area (Å²) < 4.78 is 0.